The molecule has 0 saturated carbocycles. The highest BCUT2D eigenvalue weighted by Gasteiger charge is 2.29. The number of hydrogen-bond donors (Lipinski definition) is 0. The molecule has 1 aliphatic heterocycles. The Morgan fingerprint density at radius 1 is 1.00 bits per heavy atom. The van der Waals surface area contributed by atoms with E-state index in [4.69, 9.17) is 4.74 Å². The first-order valence-corrected chi connectivity index (χ1v) is 11.0. The van der Waals surface area contributed by atoms with Gasteiger partial charge in [-0.1, -0.05) is 48.5 Å². The molecule has 0 bridgehead atoms. The maximum Gasteiger partial charge on any atom is 0.249 e. The van der Waals surface area contributed by atoms with Gasteiger partial charge in [0, 0.05) is 22.9 Å². The quantitative estimate of drug-likeness (QED) is 0.572. The number of nitrogens with zero attached hydrogens (tertiary/aromatic N) is 3. The first-order chi connectivity index (χ1) is 16.0. The molecule has 0 unspecified atom stereocenters. The van der Waals surface area contributed by atoms with E-state index in [-0.39, 0.29) is 30.9 Å². The highest BCUT2D eigenvalue weighted by atomic mass is 16.5. The van der Waals surface area contributed by atoms with Crippen LogP contribution in [0.4, 0.5) is 11.4 Å². The smallest absolute Gasteiger partial charge is 0.249 e. The Bertz CT molecular complexity index is 1170. The summed E-state index contributed by atoms with van der Waals surface area (Å²) in [5.41, 5.74) is 3.98. The fraction of sp³-hybridized carbons (Fsp3) is 0.222. The third kappa shape index (κ3) is 4.65. The summed E-state index contributed by atoms with van der Waals surface area (Å²) < 4.78 is 5.24. The molecule has 6 heteroatoms. The minimum atomic E-state index is -0.208. The summed E-state index contributed by atoms with van der Waals surface area (Å²) in [6.07, 6.45) is 0. The fourth-order valence-corrected chi connectivity index (χ4v) is 4.06. The number of para-hydroxylation sites is 1. The summed E-state index contributed by atoms with van der Waals surface area (Å²) in [5.74, 6) is 0.346. The largest absolute Gasteiger partial charge is 0.497 e. The van der Waals surface area contributed by atoms with Gasteiger partial charge in [-0.05, 0) is 44.2 Å². The number of carbonyl (C=O) groups excluding carboxylic acids is 2. The zero-order valence-electron chi connectivity index (χ0n) is 19.1. The van der Waals surface area contributed by atoms with Gasteiger partial charge >= 0.3 is 0 Å². The molecule has 168 valence electrons. The second kappa shape index (κ2) is 9.69. The van der Waals surface area contributed by atoms with Crippen molar-refractivity contribution in [2.24, 2.45) is 4.99 Å². The second-order valence-electron chi connectivity index (χ2n) is 8.08. The zero-order valence-corrected chi connectivity index (χ0v) is 19.1. The van der Waals surface area contributed by atoms with E-state index >= 15 is 0 Å². The molecule has 3 aromatic carbocycles. The van der Waals surface area contributed by atoms with Crippen LogP contribution in [0, 0.1) is 0 Å². The predicted molar refractivity (Wildman–Crippen MR) is 131 cm³/mol. The first kappa shape index (κ1) is 22.3. The molecule has 0 fully saturated rings. The third-order valence-corrected chi connectivity index (χ3v) is 5.60. The number of benzene rings is 3. The van der Waals surface area contributed by atoms with Crippen LogP contribution in [0.3, 0.4) is 0 Å². The van der Waals surface area contributed by atoms with Crippen LogP contribution in [0.5, 0.6) is 5.75 Å². The van der Waals surface area contributed by atoms with Crippen LogP contribution in [-0.4, -0.2) is 43.8 Å². The van der Waals surface area contributed by atoms with Crippen LogP contribution < -0.4 is 14.5 Å². The zero-order chi connectivity index (χ0) is 23.4. The van der Waals surface area contributed by atoms with E-state index in [1.54, 1.807) is 16.9 Å². The van der Waals surface area contributed by atoms with Crippen LogP contribution in [0.25, 0.3) is 0 Å². The van der Waals surface area contributed by atoms with Crippen molar-refractivity contribution in [2.75, 3.05) is 30.0 Å². The van der Waals surface area contributed by atoms with Crippen LogP contribution in [0.1, 0.15) is 25.0 Å². The number of aliphatic imine (C=N–C) groups is 1. The van der Waals surface area contributed by atoms with E-state index in [1.807, 2.05) is 92.7 Å². The molecule has 3 aromatic rings. The first-order valence-electron chi connectivity index (χ1n) is 11.0. The molecule has 1 aliphatic rings. The number of hydrogen-bond acceptors (Lipinski definition) is 4. The number of methoxy groups -OCH3 is 1. The van der Waals surface area contributed by atoms with Crippen molar-refractivity contribution < 1.29 is 14.3 Å². The average molecular weight is 442 g/mol. The Hall–Kier alpha value is -3.93. The molecule has 0 saturated heterocycles. The number of fused-ring (bicyclic) bond motifs is 1. The lowest BCUT2D eigenvalue weighted by Crippen LogP contribution is -2.46. The number of ether oxygens (including phenoxy) is 1. The molecule has 0 aliphatic carbocycles. The SMILES string of the molecule is COc1ccc(N(C(=O)CN2C(=O)CN=C(c3ccccc3)c3ccccc32)C(C)C)cc1. The summed E-state index contributed by atoms with van der Waals surface area (Å²) in [7, 11) is 1.61. The summed E-state index contributed by atoms with van der Waals surface area (Å²) in [6, 6.07) is 24.7. The Morgan fingerprint density at radius 2 is 1.67 bits per heavy atom. The maximum atomic E-state index is 13.5. The van der Waals surface area contributed by atoms with Crippen molar-refractivity contribution in [2.45, 2.75) is 19.9 Å². The van der Waals surface area contributed by atoms with E-state index < -0.39 is 0 Å². The molecule has 1 heterocycles. The minimum Gasteiger partial charge on any atom is -0.497 e. The van der Waals surface area contributed by atoms with Crippen molar-refractivity contribution in [1.29, 1.82) is 0 Å². The molecule has 4 rings (SSSR count). The van der Waals surface area contributed by atoms with Gasteiger partial charge in [-0.2, -0.15) is 0 Å². The molecular formula is C27H27N3O3. The molecule has 33 heavy (non-hydrogen) atoms. The second-order valence-corrected chi connectivity index (χ2v) is 8.08. The third-order valence-electron chi connectivity index (χ3n) is 5.60. The van der Waals surface area contributed by atoms with Crippen LogP contribution in [0.15, 0.2) is 83.9 Å². The molecular weight excluding hydrogens is 414 g/mol. The number of benzodiazepines with no additional fused rings is 1. The van der Waals surface area contributed by atoms with Gasteiger partial charge in [-0.3, -0.25) is 14.6 Å². The average Bonchev–Trinajstić information content (AvgIpc) is 2.97. The Kier molecular flexibility index (Phi) is 6.54. The molecule has 0 radical (unpaired) electrons. The molecule has 0 aromatic heterocycles. The molecule has 6 nitrogen and oxygen atoms in total. The summed E-state index contributed by atoms with van der Waals surface area (Å²) in [6.45, 7) is 3.82. The van der Waals surface area contributed by atoms with Crippen molar-refractivity contribution in [3.05, 3.63) is 90.0 Å². The lowest BCUT2D eigenvalue weighted by atomic mass is 10.0. The summed E-state index contributed by atoms with van der Waals surface area (Å²) >= 11 is 0. The van der Waals surface area contributed by atoms with Crippen molar-refractivity contribution >= 4 is 28.9 Å². The summed E-state index contributed by atoms with van der Waals surface area (Å²) in [4.78, 5) is 34.5. The van der Waals surface area contributed by atoms with Gasteiger partial charge < -0.3 is 14.5 Å². The van der Waals surface area contributed by atoms with Crippen LogP contribution >= 0.6 is 0 Å². The minimum absolute atomic E-state index is 0.0175. The van der Waals surface area contributed by atoms with Gasteiger partial charge in [-0.25, -0.2) is 0 Å². The number of carbonyl (C=O) groups is 2. The van der Waals surface area contributed by atoms with Crippen molar-refractivity contribution in [3.8, 4) is 5.75 Å². The van der Waals surface area contributed by atoms with Crippen LogP contribution in [-0.2, 0) is 9.59 Å². The standard InChI is InChI=1S/C27H27N3O3/c1-19(2)30(21-13-15-22(33-3)16-14-21)26(32)18-29-24-12-8-7-11-23(24)27(28-17-25(29)31)20-9-5-4-6-10-20/h4-16,19H,17-18H2,1-3H3. The Labute approximate surface area is 194 Å². The van der Waals surface area contributed by atoms with Gasteiger partial charge in [0.2, 0.25) is 11.8 Å². The monoisotopic (exact) mass is 441 g/mol. The van der Waals surface area contributed by atoms with Crippen molar-refractivity contribution in [1.82, 2.24) is 0 Å². The van der Waals surface area contributed by atoms with E-state index in [0.29, 0.717) is 5.69 Å². The van der Waals surface area contributed by atoms with E-state index in [9.17, 15) is 9.59 Å². The van der Waals surface area contributed by atoms with E-state index in [0.717, 1.165) is 28.3 Å². The highest BCUT2D eigenvalue weighted by Crippen LogP contribution is 2.28. The molecule has 0 atom stereocenters. The summed E-state index contributed by atoms with van der Waals surface area (Å²) in [5, 5.41) is 0. The predicted octanol–water partition coefficient (Wildman–Crippen LogP) is 4.32. The number of rotatable bonds is 6. The lowest BCUT2D eigenvalue weighted by molar-refractivity contribution is -0.122. The number of amides is 2. The molecule has 2 amide bonds. The highest BCUT2D eigenvalue weighted by molar-refractivity contribution is 6.20. The van der Waals surface area contributed by atoms with Gasteiger partial charge in [0.25, 0.3) is 0 Å². The van der Waals surface area contributed by atoms with Gasteiger partial charge in [0.05, 0.1) is 18.5 Å². The Morgan fingerprint density at radius 3 is 2.33 bits per heavy atom. The van der Waals surface area contributed by atoms with E-state index in [1.165, 1.54) is 0 Å². The van der Waals surface area contributed by atoms with Crippen LogP contribution in [0.2, 0.25) is 0 Å². The van der Waals surface area contributed by atoms with Gasteiger partial charge in [0.1, 0.15) is 18.8 Å². The maximum absolute atomic E-state index is 13.5. The topological polar surface area (TPSA) is 62.2 Å². The number of anilines is 2. The lowest BCUT2D eigenvalue weighted by Gasteiger charge is -2.30. The molecule has 0 spiro atoms. The molecule has 0 N–H and O–H groups in total. The van der Waals surface area contributed by atoms with E-state index in [2.05, 4.69) is 4.99 Å². The fourth-order valence-electron chi connectivity index (χ4n) is 4.06. The van der Waals surface area contributed by atoms with Gasteiger partial charge in [0.15, 0.2) is 0 Å². The normalized spacial score (nSPS) is 13.3. The van der Waals surface area contributed by atoms with Crippen molar-refractivity contribution in [3.63, 3.8) is 0 Å². The van der Waals surface area contributed by atoms with Gasteiger partial charge in [-0.15, -0.1) is 0 Å². The Balaban J connectivity index is 1.67.